The summed E-state index contributed by atoms with van der Waals surface area (Å²) < 4.78 is 10.6. The average Bonchev–Trinajstić information content (AvgIpc) is 2.95. The summed E-state index contributed by atoms with van der Waals surface area (Å²) in [6, 6.07) is 14.7. The molecule has 0 saturated heterocycles. The molecular formula is C17H18N2O3. The van der Waals surface area contributed by atoms with Gasteiger partial charge in [0.25, 0.3) is 0 Å². The van der Waals surface area contributed by atoms with Crippen LogP contribution in [-0.2, 0) is 4.79 Å². The summed E-state index contributed by atoms with van der Waals surface area (Å²) in [5.74, 6) is 1.26. The molecule has 0 radical (unpaired) electrons. The molecule has 0 fully saturated rings. The van der Waals surface area contributed by atoms with E-state index in [1.165, 1.54) is 0 Å². The number of benzene rings is 2. The summed E-state index contributed by atoms with van der Waals surface area (Å²) in [5, 5.41) is 2.94. The first kappa shape index (κ1) is 14.4. The quantitative estimate of drug-likeness (QED) is 0.943. The second kappa shape index (κ2) is 6.07. The van der Waals surface area contributed by atoms with Crippen LogP contribution in [0.4, 0.5) is 5.69 Å². The number of nitrogens with one attached hydrogen (secondary N) is 1. The molecule has 5 heteroatoms. The van der Waals surface area contributed by atoms with Gasteiger partial charge in [-0.05, 0) is 31.8 Å². The molecule has 2 aromatic rings. The first-order chi connectivity index (χ1) is 10.6. The molecule has 0 saturated carbocycles. The van der Waals surface area contributed by atoms with Gasteiger partial charge >= 0.3 is 0 Å². The summed E-state index contributed by atoms with van der Waals surface area (Å²) in [6.07, 6.45) is 0. The number of likely N-dealkylation sites (N-methyl/N-ethyl adjacent to an activating group) is 1. The Morgan fingerprint density at radius 3 is 2.55 bits per heavy atom. The first-order valence-electron chi connectivity index (χ1n) is 7.07. The molecule has 0 aromatic heterocycles. The highest BCUT2D eigenvalue weighted by atomic mass is 16.7. The Kier molecular flexibility index (Phi) is 3.98. The first-order valence-corrected chi connectivity index (χ1v) is 7.07. The van der Waals surface area contributed by atoms with Gasteiger partial charge in [0, 0.05) is 11.8 Å². The summed E-state index contributed by atoms with van der Waals surface area (Å²) in [5.41, 5.74) is 1.64. The van der Waals surface area contributed by atoms with Crippen molar-refractivity contribution in [1.82, 2.24) is 4.90 Å². The second-order valence-electron chi connectivity index (χ2n) is 5.33. The molecule has 1 N–H and O–H groups in total. The predicted molar refractivity (Wildman–Crippen MR) is 84.1 cm³/mol. The molecule has 1 aliphatic heterocycles. The highest BCUT2D eigenvalue weighted by Crippen LogP contribution is 2.34. The van der Waals surface area contributed by atoms with Gasteiger partial charge in [-0.25, -0.2) is 0 Å². The predicted octanol–water partition coefficient (Wildman–Crippen LogP) is 2.66. The lowest BCUT2D eigenvalue weighted by atomic mass is 10.1. The molecule has 114 valence electrons. The minimum absolute atomic E-state index is 0.0879. The molecule has 1 atom stereocenters. The van der Waals surface area contributed by atoms with E-state index in [4.69, 9.17) is 9.47 Å². The molecule has 1 unspecified atom stereocenters. The second-order valence-corrected chi connectivity index (χ2v) is 5.33. The van der Waals surface area contributed by atoms with E-state index in [1.807, 2.05) is 55.4 Å². The molecule has 1 heterocycles. The third-order valence-electron chi connectivity index (χ3n) is 3.52. The molecule has 2 aromatic carbocycles. The van der Waals surface area contributed by atoms with E-state index in [9.17, 15) is 4.79 Å². The lowest BCUT2D eigenvalue weighted by Crippen LogP contribution is -2.32. The lowest BCUT2D eigenvalue weighted by molar-refractivity contribution is -0.120. The maximum absolute atomic E-state index is 12.6. The number of ether oxygens (including phenoxy) is 2. The summed E-state index contributed by atoms with van der Waals surface area (Å²) >= 11 is 0. The zero-order valence-corrected chi connectivity index (χ0v) is 12.6. The molecule has 5 nitrogen and oxygen atoms in total. The smallest absolute Gasteiger partial charge is 0.246 e. The number of nitrogens with zero attached hydrogens (tertiary/aromatic N) is 1. The van der Waals surface area contributed by atoms with Crippen molar-refractivity contribution >= 4 is 11.6 Å². The van der Waals surface area contributed by atoms with Gasteiger partial charge in [0.15, 0.2) is 11.5 Å². The van der Waals surface area contributed by atoms with E-state index >= 15 is 0 Å². The van der Waals surface area contributed by atoms with Crippen molar-refractivity contribution < 1.29 is 14.3 Å². The minimum atomic E-state index is -0.355. The number of carbonyl (C=O) groups is 1. The van der Waals surface area contributed by atoms with Gasteiger partial charge in [-0.2, -0.15) is 0 Å². The fraction of sp³-hybridized carbons (Fsp3) is 0.235. The van der Waals surface area contributed by atoms with Gasteiger partial charge < -0.3 is 14.8 Å². The monoisotopic (exact) mass is 298 g/mol. The molecule has 1 aliphatic rings. The van der Waals surface area contributed by atoms with Crippen LogP contribution < -0.4 is 14.8 Å². The van der Waals surface area contributed by atoms with E-state index in [1.54, 1.807) is 12.1 Å². The van der Waals surface area contributed by atoms with Crippen LogP contribution in [0.25, 0.3) is 0 Å². The van der Waals surface area contributed by atoms with Crippen LogP contribution in [0.1, 0.15) is 11.6 Å². The van der Waals surface area contributed by atoms with Crippen LogP contribution in [-0.4, -0.2) is 31.7 Å². The van der Waals surface area contributed by atoms with Crippen LogP contribution in [0.15, 0.2) is 48.5 Å². The number of amides is 1. The third-order valence-corrected chi connectivity index (χ3v) is 3.52. The molecule has 0 aliphatic carbocycles. The van der Waals surface area contributed by atoms with E-state index in [0.29, 0.717) is 17.2 Å². The van der Waals surface area contributed by atoms with Crippen molar-refractivity contribution in [3.05, 3.63) is 54.1 Å². The van der Waals surface area contributed by atoms with Crippen molar-refractivity contribution in [3.63, 3.8) is 0 Å². The van der Waals surface area contributed by atoms with Gasteiger partial charge in [-0.3, -0.25) is 9.69 Å². The summed E-state index contributed by atoms with van der Waals surface area (Å²) in [7, 11) is 3.77. The Morgan fingerprint density at radius 2 is 1.82 bits per heavy atom. The largest absolute Gasteiger partial charge is 0.454 e. The number of rotatable bonds is 4. The average molecular weight is 298 g/mol. The third kappa shape index (κ3) is 2.89. The number of hydrogen-bond donors (Lipinski definition) is 1. The molecule has 0 spiro atoms. The van der Waals surface area contributed by atoms with Gasteiger partial charge in [0.1, 0.15) is 6.04 Å². The van der Waals surface area contributed by atoms with Crippen LogP contribution >= 0.6 is 0 Å². The van der Waals surface area contributed by atoms with Gasteiger partial charge in [-0.1, -0.05) is 30.3 Å². The van der Waals surface area contributed by atoms with Crippen LogP contribution in [0.2, 0.25) is 0 Å². The Bertz CT molecular complexity index is 671. The Morgan fingerprint density at radius 1 is 1.09 bits per heavy atom. The number of fused-ring (bicyclic) bond motifs is 1. The SMILES string of the molecule is CN(C)C(C(=O)Nc1ccc2c(c1)OCO2)c1ccccc1. The Hall–Kier alpha value is -2.53. The topological polar surface area (TPSA) is 50.8 Å². The van der Waals surface area contributed by atoms with Crippen LogP contribution in [0, 0.1) is 0 Å². The molecule has 1 amide bonds. The molecular weight excluding hydrogens is 280 g/mol. The molecule has 0 bridgehead atoms. The van der Waals surface area contributed by atoms with Crippen molar-refractivity contribution in [2.24, 2.45) is 0 Å². The standard InChI is InChI=1S/C17H18N2O3/c1-19(2)16(12-6-4-3-5-7-12)17(20)18-13-8-9-14-15(10-13)22-11-21-14/h3-10,16H,11H2,1-2H3,(H,18,20). The van der Waals surface area contributed by atoms with Gasteiger partial charge in [0.2, 0.25) is 12.7 Å². The van der Waals surface area contributed by atoms with Gasteiger partial charge in [0.05, 0.1) is 0 Å². The normalized spacial score (nSPS) is 14.0. The number of carbonyl (C=O) groups excluding carboxylic acids is 1. The number of hydrogen-bond acceptors (Lipinski definition) is 4. The zero-order chi connectivity index (χ0) is 15.5. The van der Waals surface area contributed by atoms with Crippen LogP contribution in [0.3, 0.4) is 0 Å². The highest BCUT2D eigenvalue weighted by Gasteiger charge is 2.23. The molecule has 22 heavy (non-hydrogen) atoms. The van der Waals surface area contributed by atoms with Crippen molar-refractivity contribution in [2.75, 3.05) is 26.2 Å². The van der Waals surface area contributed by atoms with Gasteiger partial charge in [-0.15, -0.1) is 0 Å². The van der Waals surface area contributed by atoms with Crippen molar-refractivity contribution in [2.45, 2.75) is 6.04 Å². The van der Waals surface area contributed by atoms with Crippen molar-refractivity contribution in [1.29, 1.82) is 0 Å². The highest BCUT2D eigenvalue weighted by molar-refractivity contribution is 5.95. The fourth-order valence-electron chi connectivity index (χ4n) is 2.50. The summed E-state index contributed by atoms with van der Waals surface area (Å²) in [6.45, 7) is 0.219. The Labute approximate surface area is 129 Å². The zero-order valence-electron chi connectivity index (χ0n) is 12.6. The van der Waals surface area contributed by atoms with E-state index in [2.05, 4.69) is 5.32 Å². The lowest BCUT2D eigenvalue weighted by Gasteiger charge is -2.23. The van der Waals surface area contributed by atoms with Crippen LogP contribution in [0.5, 0.6) is 11.5 Å². The Balaban J connectivity index is 1.80. The maximum Gasteiger partial charge on any atom is 0.246 e. The fourth-order valence-corrected chi connectivity index (χ4v) is 2.50. The summed E-state index contributed by atoms with van der Waals surface area (Å²) in [4.78, 5) is 14.5. The molecule has 3 rings (SSSR count). The van der Waals surface area contributed by atoms with Crippen molar-refractivity contribution in [3.8, 4) is 11.5 Å². The maximum atomic E-state index is 12.6. The minimum Gasteiger partial charge on any atom is -0.454 e. The van der Waals surface area contributed by atoms with E-state index < -0.39 is 0 Å². The number of anilines is 1. The van der Waals surface area contributed by atoms with E-state index in [0.717, 1.165) is 5.56 Å². The van der Waals surface area contributed by atoms with E-state index in [-0.39, 0.29) is 18.7 Å².